The van der Waals surface area contributed by atoms with Crippen LogP contribution in [0.5, 0.6) is 0 Å². The van der Waals surface area contributed by atoms with E-state index in [0.29, 0.717) is 23.3 Å². The molecule has 0 aliphatic heterocycles. The molecule has 0 aliphatic rings. The second-order valence-electron chi connectivity index (χ2n) is 8.12. The zero-order chi connectivity index (χ0) is 22.9. The lowest BCUT2D eigenvalue weighted by Gasteiger charge is -2.13. The first kappa shape index (κ1) is 20.8. The Bertz CT molecular complexity index is 1500. The molecule has 3 aromatic carbocycles. The van der Waals surface area contributed by atoms with Gasteiger partial charge in [-0.1, -0.05) is 60.1 Å². The smallest absolute Gasteiger partial charge is 0.263 e. The molecule has 6 heteroatoms. The first-order valence-electron chi connectivity index (χ1n) is 10.8. The molecule has 0 atom stereocenters. The second kappa shape index (κ2) is 8.47. The summed E-state index contributed by atoms with van der Waals surface area (Å²) in [7, 11) is 0. The zero-order valence-corrected chi connectivity index (χ0v) is 18.4. The van der Waals surface area contributed by atoms with E-state index in [1.54, 1.807) is 18.3 Å². The van der Waals surface area contributed by atoms with E-state index < -0.39 is 0 Å². The van der Waals surface area contributed by atoms with Crippen molar-refractivity contribution in [1.29, 1.82) is 0 Å². The van der Waals surface area contributed by atoms with Crippen LogP contribution in [-0.2, 0) is 13.0 Å². The third kappa shape index (κ3) is 4.07. The molecular formula is C27H22FN3O2. The van der Waals surface area contributed by atoms with Crippen molar-refractivity contribution in [2.75, 3.05) is 0 Å². The van der Waals surface area contributed by atoms with Gasteiger partial charge in [0.05, 0.1) is 5.52 Å². The van der Waals surface area contributed by atoms with Gasteiger partial charge in [-0.05, 0) is 48.7 Å². The maximum Gasteiger partial charge on any atom is 0.263 e. The van der Waals surface area contributed by atoms with E-state index in [2.05, 4.69) is 10.1 Å². The molecule has 0 aliphatic carbocycles. The molecule has 0 saturated carbocycles. The van der Waals surface area contributed by atoms with E-state index in [9.17, 15) is 9.18 Å². The first-order valence-corrected chi connectivity index (χ1v) is 10.8. The van der Waals surface area contributed by atoms with E-state index in [4.69, 9.17) is 4.52 Å². The van der Waals surface area contributed by atoms with Crippen LogP contribution in [0.3, 0.4) is 0 Å². The minimum atomic E-state index is -0.286. The summed E-state index contributed by atoms with van der Waals surface area (Å²) >= 11 is 0. The normalized spacial score (nSPS) is 11.2. The van der Waals surface area contributed by atoms with E-state index >= 15 is 0 Å². The van der Waals surface area contributed by atoms with Crippen LogP contribution in [0, 0.1) is 12.7 Å². The van der Waals surface area contributed by atoms with Gasteiger partial charge in [0.25, 0.3) is 5.89 Å². The lowest BCUT2D eigenvalue weighted by Crippen LogP contribution is -2.13. The van der Waals surface area contributed by atoms with E-state index in [1.807, 2.05) is 60.9 Å². The molecule has 33 heavy (non-hydrogen) atoms. The molecule has 5 rings (SSSR count). The van der Waals surface area contributed by atoms with Gasteiger partial charge in [-0.15, -0.1) is 0 Å². The van der Waals surface area contributed by atoms with E-state index in [1.165, 1.54) is 12.1 Å². The van der Waals surface area contributed by atoms with Gasteiger partial charge in [-0.25, -0.2) is 4.39 Å². The highest BCUT2D eigenvalue weighted by Gasteiger charge is 2.18. The van der Waals surface area contributed by atoms with Crippen LogP contribution in [0.2, 0.25) is 0 Å². The summed E-state index contributed by atoms with van der Waals surface area (Å²) in [5, 5.41) is 4.68. The molecule has 0 radical (unpaired) electrons. The van der Waals surface area contributed by atoms with Crippen molar-refractivity contribution in [2.45, 2.75) is 26.8 Å². The van der Waals surface area contributed by atoms with Crippen LogP contribution in [0.25, 0.3) is 33.7 Å². The number of aromatic nitrogens is 3. The van der Waals surface area contributed by atoms with Gasteiger partial charge in [0.1, 0.15) is 11.4 Å². The van der Waals surface area contributed by atoms with Crippen molar-refractivity contribution in [3.8, 4) is 22.8 Å². The summed E-state index contributed by atoms with van der Waals surface area (Å²) in [6.45, 7) is 4.52. The lowest BCUT2D eigenvalue weighted by atomic mass is 10.1. The molecule has 0 unspecified atom stereocenters. The number of rotatable bonds is 5. The molecule has 2 aromatic heterocycles. The maximum absolute atomic E-state index is 13.4. The number of hydrogen-bond donors (Lipinski definition) is 0. The number of aryl methyl sites for hydroxylation is 2. The fourth-order valence-electron chi connectivity index (χ4n) is 3.89. The predicted molar refractivity (Wildman–Crippen MR) is 127 cm³/mol. The minimum Gasteiger partial charge on any atom is -0.342 e. The molecule has 164 valence electrons. The summed E-state index contributed by atoms with van der Waals surface area (Å²) in [5.41, 5.74) is 4.90. The third-order valence-electron chi connectivity index (χ3n) is 5.79. The van der Waals surface area contributed by atoms with Gasteiger partial charge in [-0.3, -0.25) is 4.79 Å². The molecule has 0 N–H and O–H groups in total. The average Bonchev–Trinajstić information content (AvgIpc) is 3.32. The van der Waals surface area contributed by atoms with Crippen LogP contribution < -0.4 is 5.43 Å². The number of nitrogens with zero attached hydrogens (tertiary/aromatic N) is 3. The van der Waals surface area contributed by atoms with Gasteiger partial charge in [-0.2, -0.15) is 4.98 Å². The fraction of sp³-hybridized carbons (Fsp3) is 0.148. The lowest BCUT2D eigenvalue weighted by molar-refractivity contribution is 0.431. The molecule has 5 aromatic rings. The Morgan fingerprint density at radius 2 is 1.70 bits per heavy atom. The minimum absolute atomic E-state index is 0.158. The van der Waals surface area contributed by atoms with E-state index in [-0.39, 0.29) is 17.1 Å². The van der Waals surface area contributed by atoms with E-state index in [0.717, 1.165) is 34.2 Å². The van der Waals surface area contributed by atoms with Crippen molar-refractivity contribution < 1.29 is 8.91 Å². The van der Waals surface area contributed by atoms with Crippen molar-refractivity contribution in [3.05, 3.63) is 106 Å². The Morgan fingerprint density at radius 3 is 2.42 bits per heavy atom. The Hall–Kier alpha value is -4.06. The number of fused-ring (bicyclic) bond motifs is 1. The van der Waals surface area contributed by atoms with Gasteiger partial charge in [0.15, 0.2) is 0 Å². The van der Waals surface area contributed by atoms with Crippen LogP contribution >= 0.6 is 0 Å². The SMILES string of the molecule is CCc1ccc2c(c1)c(=O)c(-c1nc(-c3ccc(C)cc3)no1)cn2Cc1ccc(F)cc1. The van der Waals surface area contributed by atoms with Crippen LogP contribution in [0.4, 0.5) is 4.39 Å². The molecule has 2 heterocycles. The average molecular weight is 439 g/mol. The Kier molecular flexibility index (Phi) is 5.34. The Labute approximate surface area is 190 Å². The first-order chi connectivity index (χ1) is 16.0. The van der Waals surface area contributed by atoms with Gasteiger partial charge in [0, 0.05) is 23.7 Å². The third-order valence-corrected chi connectivity index (χ3v) is 5.79. The molecule has 0 spiro atoms. The summed E-state index contributed by atoms with van der Waals surface area (Å²) in [6, 6.07) is 20.0. The monoisotopic (exact) mass is 439 g/mol. The maximum atomic E-state index is 13.4. The quantitative estimate of drug-likeness (QED) is 0.348. The van der Waals surface area contributed by atoms with Crippen molar-refractivity contribution in [1.82, 2.24) is 14.7 Å². The second-order valence-corrected chi connectivity index (χ2v) is 8.12. The number of hydrogen-bond acceptors (Lipinski definition) is 4. The van der Waals surface area contributed by atoms with Crippen LogP contribution in [-0.4, -0.2) is 14.7 Å². The zero-order valence-electron chi connectivity index (χ0n) is 18.4. The van der Waals surface area contributed by atoms with Crippen molar-refractivity contribution >= 4 is 10.9 Å². The van der Waals surface area contributed by atoms with Gasteiger partial charge < -0.3 is 9.09 Å². The van der Waals surface area contributed by atoms with Crippen LogP contribution in [0.1, 0.15) is 23.6 Å². The predicted octanol–water partition coefficient (Wildman–Crippen LogP) is 5.78. The molecule has 0 fully saturated rings. The van der Waals surface area contributed by atoms with Gasteiger partial charge in [0.2, 0.25) is 11.3 Å². The fourth-order valence-corrected chi connectivity index (χ4v) is 3.89. The summed E-state index contributed by atoms with van der Waals surface area (Å²) in [6.07, 6.45) is 2.56. The number of pyridine rings is 1. The molecule has 0 amide bonds. The summed E-state index contributed by atoms with van der Waals surface area (Å²) in [5.74, 6) is 0.315. The highest BCUT2D eigenvalue weighted by atomic mass is 19.1. The molecule has 5 nitrogen and oxygen atoms in total. The van der Waals surface area contributed by atoms with Crippen LogP contribution in [0.15, 0.2) is 82.2 Å². The van der Waals surface area contributed by atoms with Crippen molar-refractivity contribution in [2.24, 2.45) is 0 Å². The molecule has 0 bridgehead atoms. The Morgan fingerprint density at radius 1 is 0.970 bits per heavy atom. The molecular weight excluding hydrogens is 417 g/mol. The number of benzene rings is 3. The highest BCUT2D eigenvalue weighted by molar-refractivity contribution is 5.83. The topological polar surface area (TPSA) is 60.9 Å². The largest absolute Gasteiger partial charge is 0.342 e. The summed E-state index contributed by atoms with van der Waals surface area (Å²) in [4.78, 5) is 18.0. The molecule has 0 saturated heterocycles. The van der Waals surface area contributed by atoms with Gasteiger partial charge >= 0.3 is 0 Å². The van der Waals surface area contributed by atoms with Crippen molar-refractivity contribution in [3.63, 3.8) is 0 Å². The number of halogens is 1. The standard InChI is InChI=1S/C27H22FN3O2/c1-3-18-8-13-24-22(14-18)25(32)23(16-31(24)15-19-6-11-21(28)12-7-19)27-29-26(30-33-27)20-9-4-17(2)5-10-20/h4-14,16H,3,15H2,1-2H3. The summed E-state index contributed by atoms with van der Waals surface area (Å²) < 4.78 is 20.9. The Balaban J connectivity index is 1.65. The highest BCUT2D eigenvalue weighted by Crippen LogP contribution is 2.24.